The fourth-order valence-electron chi connectivity index (χ4n) is 2.36. The van der Waals surface area contributed by atoms with Crippen LogP contribution in [0.15, 0.2) is 12.7 Å². The van der Waals surface area contributed by atoms with E-state index >= 15 is 0 Å². The van der Waals surface area contributed by atoms with E-state index in [1.54, 1.807) is 0 Å². The number of carbonyl (C=O) groups is 1. The Balaban J connectivity index is 3.54. The zero-order chi connectivity index (χ0) is 14.5. The van der Waals surface area contributed by atoms with Gasteiger partial charge in [0, 0.05) is 12.3 Å². The SMILES string of the molecule is C=CC(CCCCCCCCC)CCC(=O)C(C)C. The van der Waals surface area contributed by atoms with Crippen LogP contribution in [0.1, 0.15) is 85.0 Å². The topological polar surface area (TPSA) is 17.1 Å². The average Bonchev–Trinajstić information content (AvgIpc) is 2.40. The van der Waals surface area contributed by atoms with Crippen molar-refractivity contribution in [3.8, 4) is 0 Å². The maximum Gasteiger partial charge on any atom is 0.135 e. The zero-order valence-corrected chi connectivity index (χ0v) is 13.4. The van der Waals surface area contributed by atoms with Gasteiger partial charge in [-0.2, -0.15) is 0 Å². The Morgan fingerprint density at radius 3 is 2.11 bits per heavy atom. The molecular weight excluding hydrogens is 232 g/mol. The lowest BCUT2D eigenvalue weighted by Gasteiger charge is -2.12. The summed E-state index contributed by atoms with van der Waals surface area (Å²) in [5.41, 5.74) is 0. The molecule has 0 aromatic heterocycles. The van der Waals surface area contributed by atoms with Crippen LogP contribution in [0, 0.1) is 11.8 Å². The van der Waals surface area contributed by atoms with E-state index in [1.807, 2.05) is 19.9 Å². The minimum absolute atomic E-state index is 0.184. The van der Waals surface area contributed by atoms with Gasteiger partial charge in [0.25, 0.3) is 0 Å². The summed E-state index contributed by atoms with van der Waals surface area (Å²) in [6.45, 7) is 10.1. The molecule has 1 heteroatoms. The van der Waals surface area contributed by atoms with Crippen LogP contribution in [0.25, 0.3) is 0 Å². The van der Waals surface area contributed by atoms with Crippen molar-refractivity contribution in [3.05, 3.63) is 12.7 Å². The summed E-state index contributed by atoms with van der Waals surface area (Å²) in [7, 11) is 0. The van der Waals surface area contributed by atoms with Gasteiger partial charge in [0.2, 0.25) is 0 Å². The average molecular weight is 266 g/mol. The molecule has 0 amide bonds. The molecule has 0 radical (unpaired) electrons. The summed E-state index contributed by atoms with van der Waals surface area (Å²) in [4.78, 5) is 11.6. The van der Waals surface area contributed by atoms with Crippen LogP contribution in [0.4, 0.5) is 0 Å². The molecule has 0 bridgehead atoms. The number of ketones is 1. The van der Waals surface area contributed by atoms with Crippen LogP contribution >= 0.6 is 0 Å². The third-order valence-electron chi connectivity index (χ3n) is 3.92. The zero-order valence-electron chi connectivity index (χ0n) is 13.4. The molecular formula is C18H34O. The molecule has 0 fully saturated rings. The second-order valence-corrected chi connectivity index (χ2v) is 6.07. The first-order chi connectivity index (χ1) is 9.11. The van der Waals surface area contributed by atoms with Gasteiger partial charge in [-0.3, -0.25) is 4.79 Å². The van der Waals surface area contributed by atoms with Gasteiger partial charge < -0.3 is 0 Å². The van der Waals surface area contributed by atoms with Crippen LogP contribution in [-0.2, 0) is 4.79 Å². The van der Waals surface area contributed by atoms with E-state index in [0.29, 0.717) is 11.7 Å². The highest BCUT2D eigenvalue weighted by atomic mass is 16.1. The van der Waals surface area contributed by atoms with Gasteiger partial charge >= 0.3 is 0 Å². The van der Waals surface area contributed by atoms with Crippen LogP contribution in [0.3, 0.4) is 0 Å². The van der Waals surface area contributed by atoms with Crippen LogP contribution in [0.5, 0.6) is 0 Å². The summed E-state index contributed by atoms with van der Waals surface area (Å²) in [5.74, 6) is 1.12. The lowest BCUT2D eigenvalue weighted by Crippen LogP contribution is -2.09. The molecule has 0 aliphatic carbocycles. The largest absolute Gasteiger partial charge is 0.299 e. The Kier molecular flexibility index (Phi) is 12.1. The van der Waals surface area contributed by atoms with Gasteiger partial charge in [-0.1, -0.05) is 71.8 Å². The van der Waals surface area contributed by atoms with Crippen molar-refractivity contribution in [2.45, 2.75) is 85.0 Å². The van der Waals surface area contributed by atoms with Crippen molar-refractivity contribution in [2.24, 2.45) is 11.8 Å². The predicted molar refractivity (Wildman–Crippen MR) is 85.4 cm³/mol. The number of carbonyl (C=O) groups excluding carboxylic acids is 1. The lowest BCUT2D eigenvalue weighted by molar-refractivity contribution is -0.122. The molecule has 0 saturated carbocycles. The van der Waals surface area contributed by atoms with Gasteiger partial charge in [0.1, 0.15) is 5.78 Å². The number of rotatable bonds is 13. The highest BCUT2D eigenvalue weighted by molar-refractivity contribution is 5.80. The van der Waals surface area contributed by atoms with E-state index in [0.717, 1.165) is 12.8 Å². The molecule has 0 heterocycles. The lowest BCUT2D eigenvalue weighted by atomic mass is 9.93. The molecule has 0 aromatic rings. The molecule has 1 unspecified atom stereocenters. The van der Waals surface area contributed by atoms with Crippen molar-refractivity contribution in [2.75, 3.05) is 0 Å². The van der Waals surface area contributed by atoms with E-state index in [4.69, 9.17) is 0 Å². The number of hydrogen-bond donors (Lipinski definition) is 0. The first kappa shape index (κ1) is 18.4. The maximum atomic E-state index is 11.6. The first-order valence-electron chi connectivity index (χ1n) is 8.27. The molecule has 19 heavy (non-hydrogen) atoms. The summed E-state index contributed by atoms with van der Waals surface area (Å²) < 4.78 is 0. The van der Waals surface area contributed by atoms with Gasteiger partial charge in [-0.25, -0.2) is 0 Å². The molecule has 0 rings (SSSR count). The van der Waals surface area contributed by atoms with Gasteiger partial charge in [0.15, 0.2) is 0 Å². The molecule has 1 atom stereocenters. The monoisotopic (exact) mass is 266 g/mol. The van der Waals surface area contributed by atoms with Crippen LogP contribution in [-0.4, -0.2) is 5.78 Å². The Bertz CT molecular complexity index is 230. The second-order valence-electron chi connectivity index (χ2n) is 6.07. The van der Waals surface area contributed by atoms with Crippen LogP contribution < -0.4 is 0 Å². The van der Waals surface area contributed by atoms with Crippen molar-refractivity contribution >= 4 is 5.78 Å². The fourth-order valence-corrected chi connectivity index (χ4v) is 2.36. The molecule has 112 valence electrons. The molecule has 0 N–H and O–H groups in total. The highest BCUT2D eigenvalue weighted by Gasteiger charge is 2.10. The molecule has 1 nitrogen and oxygen atoms in total. The third-order valence-corrected chi connectivity index (χ3v) is 3.92. The molecule has 0 spiro atoms. The number of hydrogen-bond acceptors (Lipinski definition) is 1. The van der Waals surface area contributed by atoms with E-state index in [-0.39, 0.29) is 5.92 Å². The summed E-state index contributed by atoms with van der Waals surface area (Å²) in [6.07, 6.45) is 14.5. The quantitative estimate of drug-likeness (QED) is 0.298. The third kappa shape index (κ3) is 11.0. The number of Topliss-reactive ketones (excluding diaryl/α,β-unsaturated/α-hetero) is 1. The van der Waals surface area contributed by atoms with Crippen molar-refractivity contribution < 1.29 is 4.79 Å². The summed E-state index contributed by atoms with van der Waals surface area (Å²) >= 11 is 0. The van der Waals surface area contributed by atoms with Crippen molar-refractivity contribution in [3.63, 3.8) is 0 Å². The predicted octanol–water partition coefficient (Wildman–Crippen LogP) is 5.93. The smallest absolute Gasteiger partial charge is 0.135 e. The minimum Gasteiger partial charge on any atom is -0.299 e. The summed E-state index contributed by atoms with van der Waals surface area (Å²) in [6, 6.07) is 0. The highest BCUT2D eigenvalue weighted by Crippen LogP contribution is 2.19. The normalized spacial score (nSPS) is 12.6. The van der Waals surface area contributed by atoms with E-state index in [1.165, 1.54) is 51.4 Å². The Morgan fingerprint density at radius 1 is 1.00 bits per heavy atom. The molecule has 0 aliphatic rings. The molecule has 0 aliphatic heterocycles. The van der Waals surface area contributed by atoms with Crippen molar-refractivity contribution in [1.29, 1.82) is 0 Å². The van der Waals surface area contributed by atoms with E-state index in [9.17, 15) is 4.79 Å². The Hall–Kier alpha value is -0.590. The Labute approximate surface area is 120 Å². The molecule has 0 aromatic carbocycles. The van der Waals surface area contributed by atoms with Gasteiger partial charge in [-0.05, 0) is 18.8 Å². The van der Waals surface area contributed by atoms with Crippen molar-refractivity contribution in [1.82, 2.24) is 0 Å². The fraction of sp³-hybridized carbons (Fsp3) is 0.833. The second kappa shape index (κ2) is 12.4. The van der Waals surface area contributed by atoms with E-state index < -0.39 is 0 Å². The minimum atomic E-state index is 0.184. The first-order valence-corrected chi connectivity index (χ1v) is 8.27. The number of allylic oxidation sites excluding steroid dienone is 1. The summed E-state index contributed by atoms with van der Waals surface area (Å²) in [5, 5.41) is 0. The van der Waals surface area contributed by atoms with Gasteiger partial charge in [0.05, 0.1) is 0 Å². The van der Waals surface area contributed by atoms with Crippen LogP contribution in [0.2, 0.25) is 0 Å². The van der Waals surface area contributed by atoms with Gasteiger partial charge in [-0.15, -0.1) is 6.58 Å². The van der Waals surface area contributed by atoms with E-state index in [2.05, 4.69) is 13.5 Å². The standard InChI is InChI=1S/C18H34O/c1-5-7-8-9-10-11-12-13-17(6-2)14-15-18(19)16(3)4/h6,16-17H,2,5,7-15H2,1,3-4H3. The number of unbranched alkanes of at least 4 members (excludes halogenated alkanes) is 6. The maximum absolute atomic E-state index is 11.6. The Morgan fingerprint density at radius 2 is 1.58 bits per heavy atom. The molecule has 0 saturated heterocycles.